The van der Waals surface area contributed by atoms with E-state index < -0.39 is 15.9 Å². The van der Waals surface area contributed by atoms with Crippen LogP contribution >= 0.6 is 0 Å². The predicted octanol–water partition coefficient (Wildman–Crippen LogP) is 0.0458. The van der Waals surface area contributed by atoms with Crippen molar-refractivity contribution in [3.05, 3.63) is 30.3 Å². The van der Waals surface area contributed by atoms with Gasteiger partial charge in [0, 0.05) is 33.5 Å². The Morgan fingerprint density at radius 1 is 1.15 bits per heavy atom. The second-order valence-corrected chi connectivity index (χ2v) is 8.53. The summed E-state index contributed by atoms with van der Waals surface area (Å²) in [5, 5.41) is 2.51. The van der Waals surface area contributed by atoms with Crippen LogP contribution in [0.4, 0.5) is 0 Å². The zero-order valence-electron chi connectivity index (χ0n) is 15.6. The van der Waals surface area contributed by atoms with Crippen molar-refractivity contribution in [3.63, 3.8) is 0 Å². The highest BCUT2D eigenvalue weighted by Crippen LogP contribution is 2.15. The molecule has 1 aliphatic rings. The molecule has 0 bridgehead atoms. The monoisotopic (exact) mass is 395 g/mol. The summed E-state index contributed by atoms with van der Waals surface area (Å²) < 4.78 is 24.6. The van der Waals surface area contributed by atoms with Crippen LogP contribution in [0, 0.1) is 0 Å². The van der Waals surface area contributed by atoms with E-state index in [0.29, 0.717) is 6.54 Å². The summed E-state index contributed by atoms with van der Waals surface area (Å²) in [7, 11) is -1.97. The number of nitrogens with one attached hydrogen (secondary N) is 1. The van der Waals surface area contributed by atoms with E-state index in [2.05, 4.69) is 5.32 Å². The molecule has 27 heavy (non-hydrogen) atoms. The summed E-state index contributed by atoms with van der Waals surface area (Å²) in [5.41, 5.74) is 0. The van der Waals surface area contributed by atoms with E-state index in [4.69, 9.17) is 0 Å². The van der Waals surface area contributed by atoms with Gasteiger partial charge in [0.25, 0.3) is 0 Å². The van der Waals surface area contributed by atoms with Gasteiger partial charge in [0.2, 0.25) is 17.7 Å². The number of carbonyl (C=O) groups is 3. The summed E-state index contributed by atoms with van der Waals surface area (Å²) in [6, 6.07) is 7.34. The Bertz CT molecular complexity index is 794. The van der Waals surface area contributed by atoms with Gasteiger partial charge in [0.1, 0.15) is 6.04 Å². The van der Waals surface area contributed by atoms with Gasteiger partial charge in [-0.3, -0.25) is 14.4 Å². The lowest BCUT2D eigenvalue weighted by atomic mass is 10.1. The number of sulfone groups is 1. The molecule has 9 heteroatoms. The third-order valence-electron chi connectivity index (χ3n) is 4.60. The van der Waals surface area contributed by atoms with Gasteiger partial charge >= 0.3 is 0 Å². The number of nitrogens with zero attached hydrogens (tertiary/aromatic N) is 2. The van der Waals surface area contributed by atoms with Gasteiger partial charge in [-0.1, -0.05) is 18.2 Å². The van der Waals surface area contributed by atoms with Gasteiger partial charge in [0.15, 0.2) is 9.84 Å². The van der Waals surface area contributed by atoms with Crippen molar-refractivity contribution in [2.45, 2.75) is 30.7 Å². The van der Waals surface area contributed by atoms with E-state index >= 15 is 0 Å². The van der Waals surface area contributed by atoms with Crippen molar-refractivity contribution in [2.24, 2.45) is 0 Å². The lowest BCUT2D eigenvalue weighted by Crippen LogP contribution is -2.61. The quantitative estimate of drug-likeness (QED) is 0.733. The fraction of sp³-hybridized carbons (Fsp3) is 0.500. The smallest absolute Gasteiger partial charge is 0.244 e. The maximum absolute atomic E-state index is 12.6. The molecule has 0 radical (unpaired) electrons. The zero-order chi connectivity index (χ0) is 20.0. The molecule has 0 saturated carbocycles. The molecule has 1 heterocycles. The average Bonchev–Trinajstić information content (AvgIpc) is 2.67. The third-order valence-corrected chi connectivity index (χ3v) is 6.42. The highest BCUT2D eigenvalue weighted by Gasteiger charge is 2.35. The molecule has 0 spiro atoms. The number of amides is 3. The Hall–Kier alpha value is -2.42. The van der Waals surface area contributed by atoms with Crippen molar-refractivity contribution in [3.8, 4) is 0 Å². The molecule has 1 atom stereocenters. The molecule has 1 aromatic rings. The summed E-state index contributed by atoms with van der Waals surface area (Å²) >= 11 is 0. The van der Waals surface area contributed by atoms with Crippen molar-refractivity contribution < 1.29 is 22.8 Å². The molecule has 0 aromatic heterocycles. The molecule has 1 fully saturated rings. The molecule has 1 aliphatic heterocycles. The van der Waals surface area contributed by atoms with E-state index in [0.717, 1.165) is 0 Å². The first-order valence-corrected chi connectivity index (χ1v) is 10.5. The minimum absolute atomic E-state index is 0.0274. The highest BCUT2D eigenvalue weighted by atomic mass is 32.2. The van der Waals surface area contributed by atoms with Crippen molar-refractivity contribution >= 4 is 27.6 Å². The maximum atomic E-state index is 12.6. The topological polar surface area (TPSA) is 104 Å². The van der Waals surface area contributed by atoms with Crippen molar-refractivity contribution in [2.75, 3.05) is 32.4 Å². The van der Waals surface area contributed by atoms with Crippen molar-refractivity contribution in [1.82, 2.24) is 15.1 Å². The number of likely N-dealkylation sites (N-methyl/N-ethyl adjacent to an activating group) is 1. The normalized spacial score (nSPS) is 17.5. The van der Waals surface area contributed by atoms with E-state index in [9.17, 15) is 22.8 Å². The van der Waals surface area contributed by atoms with E-state index in [-0.39, 0.29) is 54.3 Å². The molecule has 1 aromatic carbocycles. The molecular formula is C18H25N3O5S. The van der Waals surface area contributed by atoms with E-state index in [1.807, 2.05) is 0 Å². The second kappa shape index (κ2) is 8.98. The molecule has 2 rings (SSSR count). The fourth-order valence-corrected chi connectivity index (χ4v) is 4.39. The van der Waals surface area contributed by atoms with Crippen LogP contribution in [0.2, 0.25) is 0 Å². The standard InChI is InChI=1S/C18H25N3O5S/c1-14(22)20-10-11-21(16(13-20)18(24)19-2)17(23)9-6-12-27(25,26)15-7-4-3-5-8-15/h3-5,7-8,16H,6,9-13H2,1-2H3,(H,19,24). The molecule has 1 unspecified atom stereocenters. The second-order valence-electron chi connectivity index (χ2n) is 6.42. The van der Waals surface area contributed by atoms with Crippen LogP contribution in [0.15, 0.2) is 35.2 Å². The first-order valence-electron chi connectivity index (χ1n) is 8.80. The van der Waals surface area contributed by atoms with Crippen LogP contribution in [-0.2, 0) is 24.2 Å². The maximum Gasteiger partial charge on any atom is 0.244 e. The number of piperazine rings is 1. The Labute approximate surface area is 159 Å². The predicted molar refractivity (Wildman–Crippen MR) is 99.6 cm³/mol. The largest absolute Gasteiger partial charge is 0.357 e. The molecule has 3 amide bonds. The van der Waals surface area contributed by atoms with Crippen LogP contribution in [0.25, 0.3) is 0 Å². The Balaban J connectivity index is 1.97. The van der Waals surface area contributed by atoms with Crippen LogP contribution in [-0.4, -0.2) is 74.4 Å². The van der Waals surface area contributed by atoms with Gasteiger partial charge in [-0.25, -0.2) is 8.42 Å². The highest BCUT2D eigenvalue weighted by molar-refractivity contribution is 7.91. The Morgan fingerprint density at radius 3 is 2.41 bits per heavy atom. The molecule has 0 aliphatic carbocycles. The average molecular weight is 395 g/mol. The third kappa shape index (κ3) is 5.29. The molecule has 148 valence electrons. The molecule has 1 N–H and O–H groups in total. The van der Waals surface area contributed by atoms with Crippen molar-refractivity contribution in [1.29, 1.82) is 0 Å². The summed E-state index contributed by atoms with van der Waals surface area (Å²) in [6.45, 7) is 2.18. The van der Waals surface area contributed by atoms with Crippen LogP contribution in [0.5, 0.6) is 0 Å². The zero-order valence-corrected chi connectivity index (χ0v) is 16.4. The number of hydrogen-bond acceptors (Lipinski definition) is 5. The number of rotatable bonds is 6. The Morgan fingerprint density at radius 2 is 1.81 bits per heavy atom. The fourth-order valence-electron chi connectivity index (χ4n) is 3.06. The summed E-state index contributed by atoms with van der Waals surface area (Å²) in [4.78, 5) is 39.5. The summed E-state index contributed by atoms with van der Waals surface area (Å²) in [5.74, 6) is -0.910. The van der Waals surface area contributed by atoms with Crippen LogP contribution in [0.1, 0.15) is 19.8 Å². The lowest BCUT2D eigenvalue weighted by Gasteiger charge is -2.40. The van der Waals surface area contributed by atoms with Crippen LogP contribution in [0.3, 0.4) is 0 Å². The lowest BCUT2D eigenvalue weighted by molar-refractivity contribution is -0.147. The summed E-state index contributed by atoms with van der Waals surface area (Å²) in [6.07, 6.45) is 0.197. The SMILES string of the molecule is CNC(=O)C1CN(C(C)=O)CCN1C(=O)CCCS(=O)(=O)c1ccccc1. The van der Waals surface area contributed by atoms with Gasteiger partial charge in [0.05, 0.1) is 17.2 Å². The minimum atomic E-state index is -3.44. The minimum Gasteiger partial charge on any atom is -0.357 e. The van der Waals surface area contributed by atoms with Gasteiger partial charge in [-0.05, 0) is 18.6 Å². The molecule has 8 nitrogen and oxygen atoms in total. The van der Waals surface area contributed by atoms with E-state index in [1.165, 1.54) is 35.9 Å². The Kier molecular flexibility index (Phi) is 6.95. The number of hydrogen-bond donors (Lipinski definition) is 1. The number of benzene rings is 1. The van der Waals surface area contributed by atoms with Gasteiger partial charge in [-0.2, -0.15) is 0 Å². The van der Waals surface area contributed by atoms with Gasteiger partial charge in [-0.15, -0.1) is 0 Å². The van der Waals surface area contributed by atoms with E-state index in [1.54, 1.807) is 18.2 Å². The first-order chi connectivity index (χ1) is 12.8. The molecule has 1 saturated heterocycles. The first kappa shape index (κ1) is 20.9. The van der Waals surface area contributed by atoms with Gasteiger partial charge < -0.3 is 15.1 Å². The molecular weight excluding hydrogens is 370 g/mol. The van der Waals surface area contributed by atoms with Crippen LogP contribution < -0.4 is 5.32 Å². The number of carbonyl (C=O) groups excluding carboxylic acids is 3.